The number of hydrazone groups is 1. The van der Waals surface area contributed by atoms with Gasteiger partial charge in [-0.15, -0.1) is 10.2 Å². The number of nitrogens with zero attached hydrogens (tertiary/aromatic N) is 4. The van der Waals surface area contributed by atoms with E-state index in [-0.39, 0.29) is 11.7 Å². The Bertz CT molecular complexity index is 1300. The summed E-state index contributed by atoms with van der Waals surface area (Å²) in [5.41, 5.74) is 4.20. The smallest absolute Gasteiger partial charge is 0.250 e. The van der Waals surface area contributed by atoms with E-state index < -0.39 is 0 Å². The third kappa shape index (κ3) is 6.18. The quantitative estimate of drug-likeness (QED) is 0.199. The summed E-state index contributed by atoms with van der Waals surface area (Å²) in [5.74, 6) is 2.66. The van der Waals surface area contributed by atoms with Gasteiger partial charge < -0.3 is 13.9 Å². The van der Waals surface area contributed by atoms with Gasteiger partial charge in [0.25, 0.3) is 5.91 Å². The van der Waals surface area contributed by atoms with Crippen LogP contribution >= 0.6 is 11.8 Å². The maximum absolute atomic E-state index is 12.3. The fourth-order valence-electron chi connectivity index (χ4n) is 3.09. The zero-order chi connectivity index (χ0) is 24.5. The van der Waals surface area contributed by atoms with Crippen molar-refractivity contribution in [1.29, 1.82) is 0 Å². The molecule has 0 fully saturated rings. The third-order valence-electron chi connectivity index (χ3n) is 4.80. The summed E-state index contributed by atoms with van der Waals surface area (Å²) < 4.78 is 17.6. The highest BCUT2D eigenvalue weighted by Crippen LogP contribution is 2.29. The van der Waals surface area contributed by atoms with Crippen molar-refractivity contribution in [3.63, 3.8) is 0 Å². The predicted molar refractivity (Wildman–Crippen MR) is 135 cm³/mol. The van der Waals surface area contributed by atoms with Gasteiger partial charge in [-0.25, -0.2) is 5.43 Å². The maximum Gasteiger partial charge on any atom is 0.250 e. The molecule has 1 amide bonds. The molecule has 178 valence electrons. The second-order valence-corrected chi connectivity index (χ2v) is 7.99. The van der Waals surface area contributed by atoms with E-state index in [2.05, 4.69) is 20.7 Å². The number of carbonyl (C=O) groups excluding carboxylic acids is 1. The Morgan fingerprint density at radius 2 is 1.77 bits per heavy atom. The Morgan fingerprint density at radius 1 is 1.06 bits per heavy atom. The van der Waals surface area contributed by atoms with E-state index in [0.29, 0.717) is 16.7 Å². The van der Waals surface area contributed by atoms with Crippen LogP contribution < -0.4 is 14.9 Å². The van der Waals surface area contributed by atoms with Crippen LogP contribution in [0.25, 0.3) is 23.2 Å². The molecular weight excluding hydrogens is 466 g/mol. The fraction of sp³-hybridized carbons (Fsp3) is 0.120. The van der Waals surface area contributed by atoms with Crippen molar-refractivity contribution in [2.24, 2.45) is 5.10 Å². The molecule has 0 spiro atoms. The van der Waals surface area contributed by atoms with Crippen molar-refractivity contribution in [2.75, 3.05) is 20.0 Å². The van der Waals surface area contributed by atoms with Gasteiger partial charge in [-0.3, -0.25) is 9.36 Å². The first kappa shape index (κ1) is 23.8. The van der Waals surface area contributed by atoms with Gasteiger partial charge in [0.2, 0.25) is 0 Å². The van der Waals surface area contributed by atoms with E-state index in [1.807, 2.05) is 59.2 Å². The maximum atomic E-state index is 12.3. The average molecular weight is 490 g/mol. The number of hydrogen-bond acceptors (Lipinski definition) is 8. The molecule has 10 heteroatoms. The zero-order valence-corrected chi connectivity index (χ0v) is 19.9. The van der Waals surface area contributed by atoms with Gasteiger partial charge in [-0.1, -0.05) is 11.8 Å². The van der Waals surface area contributed by atoms with Crippen LogP contribution in [0.5, 0.6) is 11.5 Å². The van der Waals surface area contributed by atoms with Gasteiger partial charge in [0.15, 0.2) is 11.0 Å². The molecule has 0 saturated heterocycles. The topological polar surface area (TPSA) is 104 Å². The lowest BCUT2D eigenvalue weighted by Crippen LogP contribution is -2.19. The second-order valence-electron chi connectivity index (χ2n) is 7.04. The summed E-state index contributed by atoms with van der Waals surface area (Å²) in [6.07, 6.45) is 6.48. The van der Waals surface area contributed by atoms with E-state index in [1.54, 1.807) is 38.7 Å². The number of carbonyl (C=O) groups is 1. The molecule has 0 atom stereocenters. The van der Waals surface area contributed by atoms with Crippen LogP contribution in [0.3, 0.4) is 0 Å². The van der Waals surface area contributed by atoms with E-state index in [1.165, 1.54) is 18.0 Å². The number of ether oxygens (including phenoxy) is 2. The molecule has 0 aliphatic heterocycles. The van der Waals surface area contributed by atoms with Crippen molar-refractivity contribution in [3.8, 4) is 28.6 Å². The van der Waals surface area contributed by atoms with E-state index >= 15 is 0 Å². The molecule has 0 aliphatic rings. The van der Waals surface area contributed by atoms with Gasteiger partial charge in [-0.05, 0) is 72.8 Å². The molecule has 9 nitrogen and oxygen atoms in total. The van der Waals surface area contributed by atoms with Crippen LogP contribution in [0.4, 0.5) is 0 Å². The lowest BCUT2D eigenvalue weighted by atomic mass is 10.2. The van der Waals surface area contributed by atoms with Crippen LogP contribution in [0.2, 0.25) is 0 Å². The van der Waals surface area contributed by atoms with Crippen molar-refractivity contribution >= 4 is 30.0 Å². The van der Waals surface area contributed by atoms with E-state index in [0.717, 1.165) is 22.7 Å². The molecule has 35 heavy (non-hydrogen) atoms. The van der Waals surface area contributed by atoms with Crippen LogP contribution in [-0.2, 0) is 4.79 Å². The van der Waals surface area contributed by atoms with Gasteiger partial charge in [0.05, 0.1) is 26.2 Å². The van der Waals surface area contributed by atoms with Crippen molar-refractivity contribution in [1.82, 2.24) is 20.2 Å². The Hall–Kier alpha value is -4.31. The molecule has 4 aromatic rings. The summed E-state index contributed by atoms with van der Waals surface area (Å²) in [4.78, 5) is 12.3. The van der Waals surface area contributed by atoms with Gasteiger partial charge in [-0.2, -0.15) is 5.10 Å². The van der Waals surface area contributed by atoms with Crippen LogP contribution in [0, 0.1) is 0 Å². The highest BCUT2D eigenvalue weighted by atomic mass is 32.2. The Balaban J connectivity index is 1.49. The second kappa shape index (κ2) is 11.7. The normalized spacial score (nSPS) is 11.3. The summed E-state index contributed by atoms with van der Waals surface area (Å²) >= 11 is 1.26. The molecule has 2 aromatic carbocycles. The zero-order valence-electron chi connectivity index (χ0n) is 19.1. The number of allylic oxidation sites excluding steroid dienone is 1. The Labute approximate surface area is 206 Å². The number of thioether (sulfide) groups is 1. The summed E-state index contributed by atoms with van der Waals surface area (Å²) in [6.45, 7) is 0. The lowest BCUT2D eigenvalue weighted by Gasteiger charge is -2.11. The monoisotopic (exact) mass is 489 g/mol. The summed E-state index contributed by atoms with van der Waals surface area (Å²) in [5, 5.41) is 13.2. The molecule has 0 saturated carbocycles. The Morgan fingerprint density at radius 3 is 2.43 bits per heavy atom. The highest BCUT2D eigenvalue weighted by molar-refractivity contribution is 7.99. The highest BCUT2D eigenvalue weighted by Gasteiger charge is 2.17. The minimum absolute atomic E-state index is 0.107. The molecule has 2 aromatic heterocycles. The third-order valence-corrected chi connectivity index (χ3v) is 5.73. The van der Waals surface area contributed by atoms with E-state index in [9.17, 15) is 4.79 Å². The van der Waals surface area contributed by atoms with Gasteiger partial charge in [0.1, 0.15) is 17.3 Å². The number of benzene rings is 2. The van der Waals surface area contributed by atoms with Gasteiger partial charge >= 0.3 is 0 Å². The first-order valence-electron chi connectivity index (χ1n) is 10.6. The lowest BCUT2D eigenvalue weighted by molar-refractivity contribution is -0.118. The first-order chi connectivity index (χ1) is 17.2. The number of methoxy groups -OCH3 is 2. The SMILES string of the molecule is COc1ccc(-c2nnc(SCC(=O)NN=CC=Cc3ccco3)n2-c2ccc(OC)cc2)cc1. The number of amides is 1. The number of aromatic nitrogens is 3. The minimum Gasteiger partial charge on any atom is -0.497 e. The van der Waals surface area contributed by atoms with Crippen molar-refractivity contribution in [2.45, 2.75) is 5.16 Å². The Kier molecular flexibility index (Phi) is 7.97. The number of nitrogens with one attached hydrogen (secondary N) is 1. The van der Waals surface area contributed by atoms with Crippen LogP contribution in [0.15, 0.2) is 87.7 Å². The largest absolute Gasteiger partial charge is 0.497 e. The van der Waals surface area contributed by atoms with Crippen molar-refractivity contribution < 1.29 is 18.7 Å². The summed E-state index contributed by atoms with van der Waals surface area (Å²) in [7, 11) is 3.24. The first-order valence-corrected chi connectivity index (χ1v) is 11.6. The van der Waals surface area contributed by atoms with E-state index in [4.69, 9.17) is 13.9 Å². The molecular formula is C25H23N5O4S. The summed E-state index contributed by atoms with van der Waals surface area (Å²) in [6, 6.07) is 18.7. The molecule has 0 unspecified atom stereocenters. The number of rotatable bonds is 10. The minimum atomic E-state index is -0.270. The molecule has 2 heterocycles. The number of furan rings is 1. The van der Waals surface area contributed by atoms with Gasteiger partial charge in [0, 0.05) is 17.5 Å². The average Bonchev–Trinajstić information content (AvgIpc) is 3.57. The number of hydrogen-bond donors (Lipinski definition) is 1. The van der Waals surface area contributed by atoms with Crippen LogP contribution in [-0.4, -0.2) is 46.9 Å². The molecule has 0 aliphatic carbocycles. The predicted octanol–water partition coefficient (Wildman–Crippen LogP) is 4.45. The molecule has 0 radical (unpaired) electrons. The fourth-order valence-corrected chi connectivity index (χ4v) is 3.84. The standard InChI is InChI=1S/C25H23N5O4S/c1-32-20-11-7-18(8-12-20)24-28-29-25(30(24)19-9-13-21(33-2)14-10-19)35-17-23(31)27-26-15-3-5-22-6-4-16-34-22/h3-16H,17H2,1-2H3,(H,27,31). The molecule has 0 bridgehead atoms. The molecule has 4 rings (SSSR count). The van der Waals surface area contributed by atoms with Crippen LogP contribution in [0.1, 0.15) is 5.76 Å². The van der Waals surface area contributed by atoms with Crippen molar-refractivity contribution in [3.05, 3.63) is 78.8 Å². The molecule has 1 N–H and O–H groups in total.